The molecule has 0 unspecified atom stereocenters. The quantitative estimate of drug-likeness (QED) is 0.657. The molecular weight excluding hydrogens is 321 g/mol. The lowest BCUT2D eigenvalue weighted by Crippen LogP contribution is -1.95. The molecule has 4 heteroatoms. The normalized spacial score (nSPS) is 9.27. The number of halogens is 2. The average Bonchev–Trinajstić information content (AvgIpc) is 1.98. The highest BCUT2D eigenvalue weighted by Gasteiger charge is 1.97. The fourth-order valence-corrected chi connectivity index (χ4v) is 1.52. The summed E-state index contributed by atoms with van der Waals surface area (Å²) in [5, 5.41) is 2.60. The van der Waals surface area contributed by atoms with Gasteiger partial charge in [0.2, 0.25) is 6.41 Å². The van der Waals surface area contributed by atoms with Crippen LogP contribution in [-0.4, -0.2) is 6.41 Å². The molecule has 0 aliphatic heterocycles. The van der Waals surface area contributed by atoms with Gasteiger partial charge in [-0.2, -0.15) is 0 Å². The van der Waals surface area contributed by atoms with Crippen LogP contribution < -0.4 is 5.32 Å². The Morgan fingerprint density at radius 1 is 1.55 bits per heavy atom. The molecule has 0 saturated carbocycles. The highest BCUT2D eigenvalue weighted by molar-refractivity contribution is 14.1. The zero-order chi connectivity index (χ0) is 8.27. The van der Waals surface area contributed by atoms with Gasteiger partial charge >= 0.3 is 0 Å². The van der Waals surface area contributed by atoms with Crippen molar-refractivity contribution in [2.45, 2.75) is 0 Å². The predicted molar refractivity (Wildman–Crippen MR) is 56.5 cm³/mol. The molecule has 0 atom stereocenters. The van der Waals surface area contributed by atoms with Crippen LogP contribution in [0.2, 0.25) is 0 Å². The van der Waals surface area contributed by atoms with Crippen LogP contribution >= 0.6 is 38.5 Å². The van der Waals surface area contributed by atoms with E-state index in [1.165, 1.54) is 0 Å². The first-order valence-corrected chi connectivity index (χ1v) is 4.76. The van der Waals surface area contributed by atoms with E-state index >= 15 is 0 Å². The molecule has 0 bridgehead atoms. The van der Waals surface area contributed by atoms with Gasteiger partial charge in [-0.25, -0.2) is 0 Å². The van der Waals surface area contributed by atoms with Crippen molar-refractivity contribution in [2.75, 3.05) is 5.32 Å². The van der Waals surface area contributed by atoms with Gasteiger partial charge < -0.3 is 5.32 Å². The summed E-state index contributed by atoms with van der Waals surface area (Å²) in [5.74, 6) is 0. The topological polar surface area (TPSA) is 29.1 Å². The number of carbonyl (C=O) groups excluding carboxylic acids is 1. The van der Waals surface area contributed by atoms with E-state index in [2.05, 4.69) is 43.8 Å². The molecule has 1 amide bonds. The van der Waals surface area contributed by atoms with Gasteiger partial charge in [0.05, 0.1) is 5.69 Å². The zero-order valence-corrected chi connectivity index (χ0v) is 9.22. The molecule has 1 N–H and O–H groups in total. The molecule has 58 valence electrons. The van der Waals surface area contributed by atoms with E-state index in [-0.39, 0.29) is 0 Å². The van der Waals surface area contributed by atoms with Gasteiger partial charge in [-0.15, -0.1) is 0 Å². The van der Waals surface area contributed by atoms with E-state index in [1.54, 1.807) is 0 Å². The van der Waals surface area contributed by atoms with Crippen molar-refractivity contribution in [1.82, 2.24) is 0 Å². The summed E-state index contributed by atoms with van der Waals surface area (Å²) in [5.41, 5.74) is 0.829. The van der Waals surface area contributed by atoms with Gasteiger partial charge in [0, 0.05) is 8.04 Å². The number of carbonyl (C=O) groups is 1. The maximum absolute atomic E-state index is 10.1. The Kier molecular flexibility index (Phi) is 3.32. The lowest BCUT2D eigenvalue weighted by molar-refractivity contribution is -0.105. The van der Waals surface area contributed by atoms with E-state index in [0.29, 0.717) is 6.41 Å². The number of hydrogen-bond donors (Lipinski definition) is 1. The lowest BCUT2D eigenvalue weighted by atomic mass is 10.3. The van der Waals surface area contributed by atoms with Gasteiger partial charge in [0.25, 0.3) is 0 Å². The summed E-state index contributed by atoms with van der Waals surface area (Å²) in [7, 11) is 0. The Labute approximate surface area is 86.6 Å². The Morgan fingerprint density at radius 2 is 2.27 bits per heavy atom. The number of rotatable bonds is 2. The summed E-state index contributed by atoms with van der Waals surface area (Å²) >= 11 is 5.47. The number of amides is 1. The predicted octanol–water partition coefficient (Wildman–Crippen LogP) is 2.62. The molecule has 0 saturated heterocycles. The molecule has 0 fully saturated rings. The third-order valence-electron chi connectivity index (χ3n) is 1.14. The molecular formula is C7H5BrINO. The maximum atomic E-state index is 10.1. The molecule has 0 radical (unpaired) electrons. The standard InChI is InChI=1S/C7H5BrINO/c8-5-1-2-6(9)7(3-5)10-4-11/h1-4H,(H,10,11). The maximum Gasteiger partial charge on any atom is 0.211 e. The molecule has 0 aromatic heterocycles. The number of benzene rings is 1. The summed E-state index contributed by atoms with van der Waals surface area (Å²) in [4.78, 5) is 10.1. The van der Waals surface area contributed by atoms with E-state index < -0.39 is 0 Å². The Hall–Kier alpha value is -0.100. The molecule has 11 heavy (non-hydrogen) atoms. The third-order valence-corrected chi connectivity index (χ3v) is 2.58. The first-order valence-electron chi connectivity index (χ1n) is 2.89. The molecule has 0 heterocycles. The first-order chi connectivity index (χ1) is 5.24. The van der Waals surface area contributed by atoms with Crippen LogP contribution in [0.3, 0.4) is 0 Å². The van der Waals surface area contributed by atoms with Gasteiger partial charge in [-0.3, -0.25) is 4.79 Å². The highest BCUT2D eigenvalue weighted by Crippen LogP contribution is 2.21. The van der Waals surface area contributed by atoms with Gasteiger partial charge in [-0.1, -0.05) is 15.9 Å². The molecule has 0 spiro atoms. The second-order valence-electron chi connectivity index (χ2n) is 1.89. The van der Waals surface area contributed by atoms with Crippen LogP contribution in [0.25, 0.3) is 0 Å². The van der Waals surface area contributed by atoms with Gasteiger partial charge in [0.15, 0.2) is 0 Å². The van der Waals surface area contributed by atoms with E-state index in [0.717, 1.165) is 13.7 Å². The molecule has 0 aliphatic rings. The molecule has 1 rings (SSSR count). The first kappa shape index (κ1) is 8.99. The van der Waals surface area contributed by atoms with E-state index in [1.807, 2.05) is 18.2 Å². The second kappa shape index (κ2) is 4.06. The third kappa shape index (κ3) is 2.44. The number of nitrogens with one attached hydrogen (secondary N) is 1. The van der Waals surface area contributed by atoms with Gasteiger partial charge in [-0.05, 0) is 40.8 Å². The Morgan fingerprint density at radius 3 is 2.91 bits per heavy atom. The summed E-state index contributed by atoms with van der Waals surface area (Å²) in [6.07, 6.45) is 0.671. The number of hydrogen-bond acceptors (Lipinski definition) is 1. The van der Waals surface area contributed by atoms with Crippen molar-refractivity contribution < 1.29 is 4.79 Å². The van der Waals surface area contributed by atoms with Crippen LogP contribution in [0, 0.1) is 3.57 Å². The van der Waals surface area contributed by atoms with Crippen LogP contribution in [0.5, 0.6) is 0 Å². The molecule has 0 aliphatic carbocycles. The summed E-state index contributed by atoms with van der Waals surface area (Å²) in [6, 6.07) is 5.71. The minimum Gasteiger partial charge on any atom is -0.328 e. The minimum absolute atomic E-state index is 0.671. The Bertz CT molecular complexity index is 277. The van der Waals surface area contributed by atoms with Crippen molar-refractivity contribution in [2.24, 2.45) is 0 Å². The van der Waals surface area contributed by atoms with Crippen molar-refractivity contribution in [3.63, 3.8) is 0 Å². The van der Waals surface area contributed by atoms with Crippen LogP contribution in [0.15, 0.2) is 22.7 Å². The second-order valence-corrected chi connectivity index (χ2v) is 3.96. The lowest BCUT2D eigenvalue weighted by Gasteiger charge is -2.01. The smallest absolute Gasteiger partial charge is 0.211 e. The van der Waals surface area contributed by atoms with Crippen LogP contribution in [-0.2, 0) is 4.79 Å². The highest BCUT2D eigenvalue weighted by atomic mass is 127. The fraction of sp³-hybridized carbons (Fsp3) is 0. The molecule has 1 aromatic rings. The van der Waals surface area contributed by atoms with E-state index in [4.69, 9.17) is 0 Å². The van der Waals surface area contributed by atoms with Crippen molar-refractivity contribution in [3.05, 3.63) is 26.2 Å². The zero-order valence-electron chi connectivity index (χ0n) is 5.47. The average molecular weight is 326 g/mol. The van der Waals surface area contributed by atoms with E-state index in [9.17, 15) is 4.79 Å². The van der Waals surface area contributed by atoms with Crippen molar-refractivity contribution in [1.29, 1.82) is 0 Å². The van der Waals surface area contributed by atoms with Crippen LogP contribution in [0.4, 0.5) is 5.69 Å². The Balaban J connectivity index is 3.01. The van der Waals surface area contributed by atoms with Crippen molar-refractivity contribution in [3.8, 4) is 0 Å². The number of anilines is 1. The minimum atomic E-state index is 0.671. The fourth-order valence-electron chi connectivity index (χ4n) is 0.672. The summed E-state index contributed by atoms with van der Waals surface area (Å²) < 4.78 is 1.99. The molecule has 2 nitrogen and oxygen atoms in total. The molecule has 1 aromatic carbocycles. The van der Waals surface area contributed by atoms with Crippen LogP contribution in [0.1, 0.15) is 0 Å². The van der Waals surface area contributed by atoms with Crippen molar-refractivity contribution >= 4 is 50.6 Å². The van der Waals surface area contributed by atoms with Gasteiger partial charge in [0.1, 0.15) is 0 Å². The monoisotopic (exact) mass is 325 g/mol. The SMILES string of the molecule is O=CNc1cc(Br)ccc1I. The largest absolute Gasteiger partial charge is 0.328 e. The summed E-state index contributed by atoms with van der Waals surface area (Å²) in [6.45, 7) is 0.